The zero-order valence-electron chi connectivity index (χ0n) is 21.6. The van der Waals surface area contributed by atoms with Crippen molar-refractivity contribution in [3.05, 3.63) is 71.8 Å². The summed E-state index contributed by atoms with van der Waals surface area (Å²) in [6.45, 7) is 4.12. The van der Waals surface area contributed by atoms with Crippen LogP contribution in [-0.2, 0) is 15.1 Å². The number of quaternary nitrogens is 1. The molecular weight excluding hydrogens is 466 g/mol. The molecule has 1 aliphatic carbocycles. The lowest BCUT2D eigenvalue weighted by atomic mass is 9.82. The van der Waals surface area contributed by atoms with E-state index >= 15 is 0 Å². The van der Waals surface area contributed by atoms with E-state index < -0.39 is 11.6 Å². The summed E-state index contributed by atoms with van der Waals surface area (Å²) >= 11 is 0. The first-order valence-electron chi connectivity index (χ1n) is 13.9. The highest BCUT2D eigenvalue weighted by Crippen LogP contribution is 2.37. The molecular formula is C30H39N3O4. The molecule has 6 rings (SSSR count). The number of esters is 1. The maximum absolute atomic E-state index is 14.2. The molecule has 1 unspecified atom stereocenters. The summed E-state index contributed by atoms with van der Waals surface area (Å²) < 4.78 is 6.91. The summed E-state index contributed by atoms with van der Waals surface area (Å²) in [5.74, 6) is -0.450. The second kappa shape index (κ2) is 11.2. The van der Waals surface area contributed by atoms with E-state index in [9.17, 15) is 14.7 Å². The topological polar surface area (TPSA) is 90.5 Å². The molecule has 4 aliphatic rings. The Kier molecular flexibility index (Phi) is 7.81. The third kappa shape index (κ3) is 5.68. The molecule has 3 aliphatic heterocycles. The molecule has 2 aromatic rings. The smallest absolute Gasteiger partial charge is 0.315 e. The number of fused-ring (bicyclic) bond motifs is 3. The Morgan fingerprint density at radius 2 is 1.49 bits per heavy atom. The summed E-state index contributed by atoms with van der Waals surface area (Å²) in [5, 5.41) is 20.4. The van der Waals surface area contributed by atoms with Gasteiger partial charge in [-0.25, -0.2) is 4.79 Å². The van der Waals surface area contributed by atoms with E-state index in [1.54, 1.807) is 48.5 Å². The molecule has 2 aromatic carbocycles. The lowest BCUT2D eigenvalue weighted by Gasteiger charge is -2.52. The lowest BCUT2D eigenvalue weighted by Crippen LogP contribution is -2.66. The van der Waals surface area contributed by atoms with Crippen LogP contribution in [0.3, 0.4) is 0 Å². The van der Waals surface area contributed by atoms with Gasteiger partial charge < -0.3 is 25.0 Å². The van der Waals surface area contributed by atoms with Crippen molar-refractivity contribution in [1.82, 2.24) is 10.6 Å². The number of amides is 2. The van der Waals surface area contributed by atoms with E-state index in [1.165, 1.54) is 19.3 Å². The predicted molar refractivity (Wildman–Crippen MR) is 139 cm³/mol. The highest BCUT2D eigenvalue weighted by Gasteiger charge is 2.48. The minimum atomic E-state index is -2.11. The zero-order chi connectivity index (χ0) is 25.7. The summed E-state index contributed by atoms with van der Waals surface area (Å²) in [6.07, 6.45) is 7.41. The first-order chi connectivity index (χ1) is 18.0. The number of carbonyl (C=O) groups is 2. The van der Waals surface area contributed by atoms with E-state index in [1.807, 2.05) is 12.1 Å². The van der Waals surface area contributed by atoms with Crippen LogP contribution in [0.5, 0.6) is 0 Å². The van der Waals surface area contributed by atoms with Crippen LogP contribution in [0, 0.1) is 5.92 Å². The highest BCUT2D eigenvalue weighted by molar-refractivity contribution is 5.85. The fraction of sp³-hybridized carbons (Fsp3) is 0.533. The summed E-state index contributed by atoms with van der Waals surface area (Å²) in [4.78, 5) is 26.0. The van der Waals surface area contributed by atoms with Gasteiger partial charge in [-0.2, -0.15) is 0 Å². The van der Waals surface area contributed by atoms with E-state index in [4.69, 9.17) is 4.74 Å². The van der Waals surface area contributed by atoms with Crippen LogP contribution < -0.4 is 15.7 Å². The Balaban J connectivity index is 1.22. The second-order valence-electron chi connectivity index (χ2n) is 11.1. The third-order valence-corrected chi connectivity index (χ3v) is 8.76. The maximum Gasteiger partial charge on any atom is 0.315 e. The minimum absolute atomic E-state index is 0.0816. The van der Waals surface area contributed by atoms with Gasteiger partial charge in [-0.1, -0.05) is 79.9 Å². The standard InChI is InChI=1S/C30H39N3O4/c34-28(30(36,24-10-4-1-5-11-24)25-12-6-2-7-13-25)37-27-22-33(19-16-23(27)17-20-33)21-18-31-29(35)32-26-14-8-3-9-15-26/h1-2,4-7,10-13,23,26-27H,3,8-9,14-22H2,(H2,31,32,35). The van der Waals surface area contributed by atoms with Crippen LogP contribution in [0.4, 0.5) is 4.79 Å². The molecule has 37 heavy (non-hydrogen) atoms. The summed E-state index contributed by atoms with van der Waals surface area (Å²) in [7, 11) is 0. The molecule has 2 N–H and O–H groups in total. The number of nitrogens with zero attached hydrogens (tertiary/aromatic N) is 1. The number of carbonyl (C=O) groups excluding carboxylic acids is 2. The van der Waals surface area contributed by atoms with Crippen molar-refractivity contribution in [2.75, 3.05) is 32.7 Å². The summed E-state index contributed by atoms with van der Waals surface area (Å²) in [6, 6.07) is 17.8. The number of rotatable bonds is 8. The van der Waals surface area contributed by atoms with Gasteiger partial charge in [0, 0.05) is 30.4 Å². The van der Waals surface area contributed by atoms with Gasteiger partial charge in [0.2, 0.25) is 0 Å². The van der Waals surface area contributed by atoms with E-state index in [-0.39, 0.29) is 24.1 Å². The normalized spacial score (nSPS) is 25.9. The number of nitrogens with one attached hydrogen (secondary N) is 2. The van der Waals surface area contributed by atoms with Gasteiger partial charge in [0.05, 0.1) is 26.2 Å². The van der Waals surface area contributed by atoms with Gasteiger partial charge in [0.1, 0.15) is 6.54 Å². The van der Waals surface area contributed by atoms with Gasteiger partial charge in [-0.05, 0) is 24.0 Å². The van der Waals surface area contributed by atoms with Crippen molar-refractivity contribution in [3.8, 4) is 0 Å². The Morgan fingerprint density at radius 3 is 2.08 bits per heavy atom. The quantitative estimate of drug-likeness (QED) is 0.426. The third-order valence-electron chi connectivity index (χ3n) is 8.76. The van der Waals surface area contributed by atoms with Crippen molar-refractivity contribution in [2.45, 2.75) is 62.7 Å². The van der Waals surface area contributed by atoms with Crippen molar-refractivity contribution in [2.24, 2.45) is 5.92 Å². The Morgan fingerprint density at radius 1 is 0.892 bits per heavy atom. The van der Waals surface area contributed by atoms with Crippen molar-refractivity contribution >= 4 is 12.0 Å². The molecule has 0 radical (unpaired) electrons. The number of piperidine rings is 3. The Bertz CT molecular complexity index is 1010. The van der Waals surface area contributed by atoms with Gasteiger partial charge >= 0.3 is 12.0 Å². The van der Waals surface area contributed by atoms with E-state index in [0.717, 1.165) is 49.8 Å². The molecule has 198 valence electrons. The molecule has 3 saturated heterocycles. The maximum atomic E-state index is 14.2. The van der Waals surface area contributed by atoms with Crippen molar-refractivity contribution in [1.29, 1.82) is 0 Å². The first-order valence-corrected chi connectivity index (χ1v) is 13.9. The van der Waals surface area contributed by atoms with Crippen LogP contribution in [0.15, 0.2) is 60.7 Å². The van der Waals surface area contributed by atoms with Gasteiger partial charge in [-0.3, -0.25) is 4.79 Å². The molecule has 7 nitrogen and oxygen atoms in total. The van der Waals surface area contributed by atoms with Crippen molar-refractivity contribution in [3.63, 3.8) is 0 Å². The zero-order valence-corrected chi connectivity index (χ0v) is 21.6. The molecule has 4 fully saturated rings. The van der Waals surface area contributed by atoms with Crippen LogP contribution in [0.1, 0.15) is 56.1 Å². The Hall–Kier alpha value is -2.90. The molecule has 2 bridgehead atoms. The van der Waals surface area contributed by atoms with E-state index in [2.05, 4.69) is 10.6 Å². The highest BCUT2D eigenvalue weighted by atomic mass is 16.6. The van der Waals surface area contributed by atoms with Gasteiger partial charge in [-0.15, -0.1) is 0 Å². The molecule has 0 spiro atoms. The molecule has 1 saturated carbocycles. The summed E-state index contributed by atoms with van der Waals surface area (Å²) in [5.41, 5.74) is -1.33. The van der Waals surface area contributed by atoms with Gasteiger partial charge in [0.15, 0.2) is 6.10 Å². The molecule has 2 amide bonds. The predicted octanol–water partition coefficient (Wildman–Crippen LogP) is 3.07. The number of benzene rings is 2. The SMILES string of the molecule is O=C(NCC[N+]12CCC(CC1)C(OC(=O)C([O-])(c1ccccc1)c1ccccc1)C2)NC1CCCCC1. The van der Waals surface area contributed by atoms with Crippen LogP contribution >= 0.6 is 0 Å². The fourth-order valence-electron chi connectivity index (χ4n) is 6.53. The second-order valence-corrected chi connectivity index (χ2v) is 11.1. The monoisotopic (exact) mass is 505 g/mol. The molecule has 1 atom stereocenters. The van der Waals surface area contributed by atoms with Crippen LogP contribution in [-0.4, -0.2) is 61.4 Å². The average Bonchev–Trinajstić information content (AvgIpc) is 2.94. The van der Waals surface area contributed by atoms with Gasteiger partial charge in [0.25, 0.3) is 0 Å². The Labute approximate surface area is 219 Å². The number of hydrogen-bond acceptors (Lipinski definition) is 4. The molecule has 3 heterocycles. The fourth-order valence-corrected chi connectivity index (χ4v) is 6.53. The largest absolute Gasteiger partial charge is 0.834 e. The number of hydrogen-bond donors (Lipinski definition) is 2. The number of ether oxygens (including phenoxy) is 1. The average molecular weight is 506 g/mol. The molecule has 0 aromatic heterocycles. The van der Waals surface area contributed by atoms with Crippen LogP contribution in [0.25, 0.3) is 0 Å². The number of urea groups is 1. The van der Waals surface area contributed by atoms with Crippen molar-refractivity contribution < 1.29 is 23.9 Å². The van der Waals surface area contributed by atoms with E-state index in [0.29, 0.717) is 24.2 Å². The lowest BCUT2D eigenvalue weighted by molar-refractivity contribution is -0.945. The molecule has 7 heteroatoms. The first kappa shape index (κ1) is 25.7. The van der Waals surface area contributed by atoms with Crippen LogP contribution in [0.2, 0.25) is 0 Å². The minimum Gasteiger partial charge on any atom is -0.834 e.